The van der Waals surface area contributed by atoms with E-state index >= 15 is 0 Å². The van der Waals surface area contributed by atoms with E-state index in [0.717, 1.165) is 5.56 Å². The van der Waals surface area contributed by atoms with Gasteiger partial charge >= 0.3 is 5.97 Å². The van der Waals surface area contributed by atoms with Gasteiger partial charge in [-0.25, -0.2) is 0 Å². The Kier molecular flexibility index (Phi) is 5.75. The molecule has 1 aliphatic rings. The maximum Gasteiger partial charge on any atom is 0.323 e. The van der Waals surface area contributed by atoms with Crippen molar-refractivity contribution in [2.24, 2.45) is 5.92 Å². The van der Waals surface area contributed by atoms with Crippen LogP contribution in [0.1, 0.15) is 18.4 Å². The van der Waals surface area contributed by atoms with Crippen molar-refractivity contribution < 1.29 is 19.4 Å². The normalized spacial score (nSPS) is 15.6. The Bertz CT molecular complexity index is 468. The molecule has 2 rings (SSSR count). The predicted molar refractivity (Wildman–Crippen MR) is 77.9 cm³/mol. The van der Waals surface area contributed by atoms with Crippen LogP contribution in [0, 0.1) is 5.92 Å². The van der Waals surface area contributed by atoms with Crippen molar-refractivity contribution in [1.82, 2.24) is 4.90 Å². The van der Waals surface area contributed by atoms with Crippen molar-refractivity contribution in [2.45, 2.75) is 19.3 Å². The number of carboxylic acids is 1. The molecular weight excluding hydrogens is 270 g/mol. The van der Waals surface area contributed by atoms with Crippen LogP contribution in [-0.4, -0.2) is 48.2 Å². The van der Waals surface area contributed by atoms with E-state index in [4.69, 9.17) is 9.84 Å². The lowest BCUT2D eigenvalue weighted by atomic mass is 9.98. The summed E-state index contributed by atoms with van der Waals surface area (Å²) in [5.41, 5.74) is 1.10. The molecular formula is C16H21NO4. The molecule has 0 unspecified atom stereocenters. The summed E-state index contributed by atoms with van der Waals surface area (Å²) in [5, 5.41) is 9.01. The number of nitrogens with zero attached hydrogens (tertiary/aromatic N) is 1. The van der Waals surface area contributed by atoms with Crippen LogP contribution in [0.2, 0.25) is 0 Å². The van der Waals surface area contributed by atoms with Gasteiger partial charge in [-0.05, 0) is 24.8 Å². The van der Waals surface area contributed by atoms with E-state index in [-0.39, 0.29) is 18.4 Å². The zero-order valence-electron chi connectivity index (χ0n) is 12.0. The summed E-state index contributed by atoms with van der Waals surface area (Å²) in [6.07, 6.45) is 2.03. The van der Waals surface area contributed by atoms with Crippen LogP contribution in [0.4, 0.5) is 0 Å². The average molecular weight is 291 g/mol. The van der Waals surface area contributed by atoms with Crippen molar-refractivity contribution in [3.63, 3.8) is 0 Å². The summed E-state index contributed by atoms with van der Waals surface area (Å²) in [4.78, 5) is 24.9. The molecule has 1 saturated heterocycles. The molecule has 0 aliphatic carbocycles. The first-order valence-corrected chi connectivity index (χ1v) is 7.29. The molecule has 21 heavy (non-hydrogen) atoms. The second kappa shape index (κ2) is 7.78. The molecule has 0 atom stereocenters. The number of ether oxygens (including phenoxy) is 1. The third-order valence-corrected chi connectivity index (χ3v) is 3.72. The first-order chi connectivity index (χ1) is 10.2. The van der Waals surface area contributed by atoms with Gasteiger partial charge in [-0.2, -0.15) is 0 Å². The molecule has 0 aromatic heterocycles. The van der Waals surface area contributed by atoms with Gasteiger partial charge in [0.1, 0.15) is 6.54 Å². The molecule has 0 radical (unpaired) electrons. The summed E-state index contributed by atoms with van der Waals surface area (Å²) in [5.74, 6) is -1.13. The SMILES string of the molecule is O=C(O)CN(CCc1ccccc1)C(=O)C1CCOCC1. The van der Waals surface area contributed by atoms with Crippen LogP contribution in [0.15, 0.2) is 30.3 Å². The number of hydrogen-bond donors (Lipinski definition) is 1. The van der Waals surface area contributed by atoms with Gasteiger partial charge in [-0.3, -0.25) is 9.59 Å². The fourth-order valence-electron chi connectivity index (χ4n) is 2.54. The van der Waals surface area contributed by atoms with E-state index < -0.39 is 5.97 Å². The molecule has 0 spiro atoms. The maximum absolute atomic E-state index is 12.5. The molecule has 1 fully saturated rings. The molecule has 1 aromatic carbocycles. The van der Waals surface area contributed by atoms with E-state index in [9.17, 15) is 9.59 Å². The number of carbonyl (C=O) groups excluding carboxylic acids is 1. The van der Waals surface area contributed by atoms with Crippen molar-refractivity contribution in [2.75, 3.05) is 26.3 Å². The van der Waals surface area contributed by atoms with Crippen molar-refractivity contribution in [3.05, 3.63) is 35.9 Å². The summed E-state index contributed by atoms with van der Waals surface area (Å²) in [7, 11) is 0. The van der Waals surface area contributed by atoms with Gasteiger partial charge in [-0.1, -0.05) is 30.3 Å². The monoisotopic (exact) mass is 291 g/mol. The number of rotatable bonds is 6. The van der Waals surface area contributed by atoms with E-state index in [2.05, 4.69) is 0 Å². The van der Waals surface area contributed by atoms with Crippen LogP contribution in [0.5, 0.6) is 0 Å². The number of aliphatic carboxylic acids is 1. The molecule has 1 amide bonds. The molecule has 1 heterocycles. The molecule has 5 heteroatoms. The molecule has 5 nitrogen and oxygen atoms in total. The highest BCUT2D eigenvalue weighted by molar-refractivity contribution is 5.83. The lowest BCUT2D eigenvalue weighted by molar-refractivity contribution is -0.147. The zero-order valence-corrected chi connectivity index (χ0v) is 12.0. The van der Waals surface area contributed by atoms with Gasteiger partial charge < -0.3 is 14.7 Å². The van der Waals surface area contributed by atoms with Gasteiger partial charge in [0.15, 0.2) is 0 Å². The lowest BCUT2D eigenvalue weighted by Crippen LogP contribution is -2.42. The van der Waals surface area contributed by atoms with E-state index in [1.165, 1.54) is 4.90 Å². The minimum atomic E-state index is -0.969. The van der Waals surface area contributed by atoms with Crippen LogP contribution >= 0.6 is 0 Å². The highest BCUT2D eigenvalue weighted by Crippen LogP contribution is 2.18. The van der Waals surface area contributed by atoms with Crippen molar-refractivity contribution >= 4 is 11.9 Å². The van der Waals surface area contributed by atoms with Gasteiger partial charge in [0.05, 0.1) is 0 Å². The molecule has 0 bridgehead atoms. The fourth-order valence-corrected chi connectivity index (χ4v) is 2.54. The number of benzene rings is 1. The van der Waals surface area contributed by atoms with E-state index in [1.54, 1.807) is 0 Å². The Morgan fingerprint density at radius 1 is 1.19 bits per heavy atom. The number of amides is 1. The van der Waals surface area contributed by atoms with Gasteiger partial charge in [0.2, 0.25) is 5.91 Å². The third kappa shape index (κ3) is 4.86. The Morgan fingerprint density at radius 2 is 1.86 bits per heavy atom. The molecule has 0 saturated carbocycles. The van der Waals surface area contributed by atoms with Gasteiger partial charge in [0.25, 0.3) is 0 Å². The van der Waals surface area contributed by atoms with Gasteiger partial charge in [0, 0.05) is 25.7 Å². The van der Waals surface area contributed by atoms with Crippen LogP contribution in [-0.2, 0) is 20.7 Å². The largest absolute Gasteiger partial charge is 0.480 e. The number of carboxylic acid groups (broad SMARTS) is 1. The third-order valence-electron chi connectivity index (χ3n) is 3.72. The van der Waals surface area contributed by atoms with Crippen LogP contribution in [0.3, 0.4) is 0 Å². The minimum absolute atomic E-state index is 0.0587. The Labute approximate surface area is 124 Å². The van der Waals surface area contributed by atoms with Crippen LogP contribution < -0.4 is 0 Å². The second-order valence-electron chi connectivity index (χ2n) is 5.28. The topological polar surface area (TPSA) is 66.8 Å². The zero-order chi connectivity index (χ0) is 15.1. The number of hydrogen-bond acceptors (Lipinski definition) is 3. The summed E-state index contributed by atoms with van der Waals surface area (Å²) < 4.78 is 5.25. The first kappa shape index (κ1) is 15.5. The molecule has 114 valence electrons. The Morgan fingerprint density at radius 3 is 2.48 bits per heavy atom. The Balaban J connectivity index is 1.96. The summed E-state index contributed by atoms with van der Waals surface area (Å²) >= 11 is 0. The standard InChI is InChI=1S/C16H21NO4/c18-15(19)12-17(9-6-13-4-2-1-3-5-13)16(20)14-7-10-21-11-8-14/h1-5,14H,6-12H2,(H,18,19). The quantitative estimate of drug-likeness (QED) is 0.864. The van der Waals surface area contributed by atoms with E-state index in [1.807, 2.05) is 30.3 Å². The number of carbonyl (C=O) groups is 2. The first-order valence-electron chi connectivity index (χ1n) is 7.29. The van der Waals surface area contributed by atoms with Crippen LogP contribution in [0.25, 0.3) is 0 Å². The molecule has 1 aliphatic heterocycles. The predicted octanol–water partition coefficient (Wildman–Crippen LogP) is 1.57. The molecule has 1 aromatic rings. The highest BCUT2D eigenvalue weighted by Gasteiger charge is 2.27. The Hall–Kier alpha value is -1.88. The van der Waals surface area contributed by atoms with Crippen molar-refractivity contribution in [3.8, 4) is 0 Å². The summed E-state index contributed by atoms with van der Waals surface area (Å²) in [6, 6.07) is 9.79. The summed E-state index contributed by atoms with van der Waals surface area (Å²) in [6.45, 7) is 1.36. The fraction of sp³-hybridized carbons (Fsp3) is 0.500. The van der Waals surface area contributed by atoms with E-state index in [0.29, 0.717) is 39.0 Å². The smallest absolute Gasteiger partial charge is 0.323 e. The maximum atomic E-state index is 12.5. The second-order valence-corrected chi connectivity index (χ2v) is 5.28. The van der Waals surface area contributed by atoms with Crippen molar-refractivity contribution in [1.29, 1.82) is 0 Å². The molecule has 1 N–H and O–H groups in total. The average Bonchev–Trinajstić information content (AvgIpc) is 2.52. The van der Waals surface area contributed by atoms with Gasteiger partial charge in [-0.15, -0.1) is 0 Å². The lowest BCUT2D eigenvalue weighted by Gasteiger charge is -2.28. The minimum Gasteiger partial charge on any atom is -0.480 e. The highest BCUT2D eigenvalue weighted by atomic mass is 16.5.